The summed E-state index contributed by atoms with van der Waals surface area (Å²) in [4.78, 5) is 3.93. The molecule has 0 saturated heterocycles. The topological polar surface area (TPSA) is 12.9 Å². The van der Waals surface area contributed by atoms with E-state index in [0.29, 0.717) is 0 Å². The Labute approximate surface area is 75.5 Å². The molecule has 1 aromatic rings. The monoisotopic (exact) mass is 179 g/mol. The molecule has 0 amide bonds. The SMILES string of the molecule is CS(C)(C)C#Cc1ccncc1. The van der Waals surface area contributed by atoms with Gasteiger partial charge in [-0.15, -0.1) is 0 Å². The van der Waals surface area contributed by atoms with E-state index < -0.39 is 10.0 Å². The lowest BCUT2D eigenvalue weighted by Gasteiger charge is -2.14. The third kappa shape index (κ3) is 3.45. The molecule has 0 saturated carbocycles. The largest absolute Gasteiger partial charge is 0.265 e. The summed E-state index contributed by atoms with van der Waals surface area (Å²) in [5.74, 6) is 3.13. The molecule has 0 radical (unpaired) electrons. The Bertz CT molecular complexity index is 300. The molecule has 0 aliphatic carbocycles. The molecule has 64 valence electrons. The molecular weight excluding hydrogens is 166 g/mol. The van der Waals surface area contributed by atoms with Crippen molar-refractivity contribution >= 4 is 10.0 Å². The number of nitrogens with zero attached hydrogens (tertiary/aromatic N) is 1. The molecule has 1 heterocycles. The molecule has 0 aliphatic rings. The molecule has 0 spiro atoms. The molecule has 0 aliphatic heterocycles. The molecule has 0 aromatic carbocycles. The molecule has 0 N–H and O–H groups in total. The van der Waals surface area contributed by atoms with Crippen LogP contribution in [0.5, 0.6) is 0 Å². The molecular formula is C10H13NS. The fourth-order valence-corrected chi connectivity index (χ4v) is 1.07. The van der Waals surface area contributed by atoms with Crippen molar-refractivity contribution in [2.24, 2.45) is 0 Å². The van der Waals surface area contributed by atoms with Gasteiger partial charge in [0, 0.05) is 18.0 Å². The van der Waals surface area contributed by atoms with Crippen molar-refractivity contribution in [3.8, 4) is 11.2 Å². The van der Waals surface area contributed by atoms with Crippen molar-refractivity contribution in [1.82, 2.24) is 4.98 Å². The van der Waals surface area contributed by atoms with Crippen LogP contribution in [-0.2, 0) is 0 Å². The van der Waals surface area contributed by atoms with Crippen LogP contribution in [-0.4, -0.2) is 23.8 Å². The Balaban J connectivity index is 2.81. The van der Waals surface area contributed by atoms with Gasteiger partial charge in [-0.2, -0.15) is 10.0 Å². The standard InChI is InChI=1S/C10H13NS/c1-12(2,3)9-6-10-4-7-11-8-5-10/h4-5,7-8H,1-3H3. The zero-order valence-corrected chi connectivity index (χ0v) is 8.48. The number of hydrogen-bond acceptors (Lipinski definition) is 1. The number of hydrogen-bond donors (Lipinski definition) is 0. The summed E-state index contributed by atoms with van der Waals surface area (Å²) in [5.41, 5.74) is 1.05. The normalized spacial score (nSPS) is 11.6. The van der Waals surface area contributed by atoms with E-state index in [1.807, 2.05) is 12.1 Å². The third-order valence-electron chi connectivity index (χ3n) is 1.18. The van der Waals surface area contributed by atoms with Crippen LogP contribution < -0.4 is 0 Å². The summed E-state index contributed by atoms with van der Waals surface area (Å²) in [6.07, 6.45) is 10.1. The molecule has 0 atom stereocenters. The van der Waals surface area contributed by atoms with E-state index in [1.165, 1.54) is 0 Å². The van der Waals surface area contributed by atoms with E-state index in [9.17, 15) is 0 Å². The minimum Gasteiger partial charge on any atom is -0.265 e. The van der Waals surface area contributed by atoms with Crippen molar-refractivity contribution in [1.29, 1.82) is 0 Å². The lowest BCUT2D eigenvalue weighted by molar-refractivity contribution is 1.32. The number of aromatic nitrogens is 1. The van der Waals surface area contributed by atoms with Gasteiger partial charge < -0.3 is 0 Å². The van der Waals surface area contributed by atoms with Gasteiger partial charge in [-0.05, 0) is 36.2 Å². The van der Waals surface area contributed by atoms with E-state index >= 15 is 0 Å². The van der Waals surface area contributed by atoms with Gasteiger partial charge in [-0.1, -0.05) is 5.92 Å². The van der Waals surface area contributed by atoms with Crippen molar-refractivity contribution in [3.05, 3.63) is 30.1 Å². The maximum absolute atomic E-state index is 3.93. The van der Waals surface area contributed by atoms with Crippen LogP contribution in [0.3, 0.4) is 0 Å². The van der Waals surface area contributed by atoms with Crippen LogP contribution in [0.4, 0.5) is 0 Å². The first-order valence-electron chi connectivity index (χ1n) is 3.69. The second-order valence-corrected chi connectivity index (χ2v) is 7.18. The molecule has 0 fully saturated rings. The smallest absolute Gasteiger partial charge is 0.0284 e. The number of pyridine rings is 1. The van der Waals surface area contributed by atoms with E-state index in [2.05, 4.69) is 34.9 Å². The third-order valence-corrected chi connectivity index (χ3v) is 1.90. The zero-order valence-electron chi connectivity index (χ0n) is 7.66. The minimum absolute atomic E-state index is 0.704. The van der Waals surface area contributed by atoms with Gasteiger partial charge in [0.05, 0.1) is 0 Å². The molecule has 2 heteroatoms. The highest BCUT2D eigenvalue weighted by atomic mass is 32.3. The summed E-state index contributed by atoms with van der Waals surface area (Å²) in [5, 5.41) is 3.24. The quantitative estimate of drug-likeness (QED) is 0.556. The average molecular weight is 179 g/mol. The van der Waals surface area contributed by atoms with E-state index in [-0.39, 0.29) is 0 Å². The van der Waals surface area contributed by atoms with E-state index in [1.54, 1.807) is 12.4 Å². The fraction of sp³-hybridized carbons (Fsp3) is 0.300. The maximum Gasteiger partial charge on any atom is 0.0284 e. The van der Waals surface area contributed by atoms with Gasteiger partial charge in [-0.3, -0.25) is 4.98 Å². The molecule has 0 unspecified atom stereocenters. The van der Waals surface area contributed by atoms with Crippen LogP contribution in [0.15, 0.2) is 24.5 Å². The first-order chi connectivity index (χ1) is 5.58. The lowest BCUT2D eigenvalue weighted by Crippen LogP contribution is -1.85. The Kier molecular flexibility index (Phi) is 2.78. The first kappa shape index (κ1) is 9.15. The Morgan fingerprint density at radius 3 is 2.25 bits per heavy atom. The fourth-order valence-electron chi connectivity index (χ4n) is 0.647. The molecule has 12 heavy (non-hydrogen) atoms. The lowest BCUT2D eigenvalue weighted by atomic mass is 10.3. The summed E-state index contributed by atoms with van der Waals surface area (Å²) in [6.45, 7) is 0. The minimum atomic E-state index is -0.704. The van der Waals surface area contributed by atoms with Crippen LogP contribution in [0.25, 0.3) is 0 Å². The van der Waals surface area contributed by atoms with Gasteiger partial charge in [0.25, 0.3) is 0 Å². The van der Waals surface area contributed by atoms with Crippen LogP contribution in [0.2, 0.25) is 0 Å². The van der Waals surface area contributed by atoms with Crippen LogP contribution >= 0.6 is 10.0 Å². The van der Waals surface area contributed by atoms with Crippen molar-refractivity contribution in [2.45, 2.75) is 0 Å². The maximum atomic E-state index is 3.93. The van der Waals surface area contributed by atoms with Gasteiger partial charge in [0.15, 0.2) is 0 Å². The summed E-state index contributed by atoms with van der Waals surface area (Å²) in [6, 6.07) is 3.86. The van der Waals surface area contributed by atoms with Crippen LogP contribution in [0, 0.1) is 11.2 Å². The van der Waals surface area contributed by atoms with Crippen LogP contribution in [0.1, 0.15) is 5.56 Å². The van der Waals surface area contributed by atoms with Gasteiger partial charge in [0.1, 0.15) is 0 Å². The van der Waals surface area contributed by atoms with Gasteiger partial charge in [-0.25, -0.2) is 0 Å². The highest BCUT2D eigenvalue weighted by Gasteiger charge is 1.95. The van der Waals surface area contributed by atoms with Gasteiger partial charge in [0.2, 0.25) is 0 Å². The zero-order chi connectivity index (χ0) is 9.03. The molecule has 1 rings (SSSR count). The first-order valence-corrected chi connectivity index (χ1v) is 6.55. The van der Waals surface area contributed by atoms with Gasteiger partial charge >= 0.3 is 0 Å². The Hall–Kier alpha value is -0.940. The molecule has 1 nitrogen and oxygen atoms in total. The summed E-state index contributed by atoms with van der Waals surface area (Å²) >= 11 is 0. The summed E-state index contributed by atoms with van der Waals surface area (Å²) in [7, 11) is -0.704. The molecule has 1 aromatic heterocycles. The highest BCUT2D eigenvalue weighted by molar-refractivity contribution is 8.35. The second-order valence-electron chi connectivity index (χ2n) is 3.30. The average Bonchev–Trinajstić information content (AvgIpc) is 2.02. The number of rotatable bonds is 0. The Morgan fingerprint density at radius 2 is 1.75 bits per heavy atom. The Morgan fingerprint density at radius 1 is 1.17 bits per heavy atom. The van der Waals surface area contributed by atoms with Crippen molar-refractivity contribution in [2.75, 3.05) is 18.8 Å². The van der Waals surface area contributed by atoms with E-state index in [0.717, 1.165) is 5.56 Å². The highest BCUT2D eigenvalue weighted by Crippen LogP contribution is 2.32. The second kappa shape index (κ2) is 3.64. The van der Waals surface area contributed by atoms with Crippen molar-refractivity contribution < 1.29 is 0 Å². The van der Waals surface area contributed by atoms with Crippen molar-refractivity contribution in [3.63, 3.8) is 0 Å². The predicted octanol–water partition coefficient (Wildman–Crippen LogP) is 2.08. The molecule has 0 bridgehead atoms. The van der Waals surface area contributed by atoms with E-state index in [4.69, 9.17) is 0 Å². The summed E-state index contributed by atoms with van der Waals surface area (Å²) < 4.78 is 0. The predicted molar refractivity (Wildman–Crippen MR) is 56.5 cm³/mol.